The standard InChI is InChI=1S/C18H29NO2.C2H2O4/c1-3-20-17-8-4-5-9-18(17)21-15-7-6-12-19-13-10-16(2)11-14-19;3-1(4)2(5)6/h4-5,8-9,16H,3,6-7,10-15H2,1-2H3;(H,3,4)(H,5,6). The van der Waals surface area contributed by atoms with Crippen LogP contribution in [0, 0.1) is 5.92 Å². The highest BCUT2D eigenvalue weighted by molar-refractivity contribution is 6.27. The molecule has 152 valence electrons. The summed E-state index contributed by atoms with van der Waals surface area (Å²) in [6, 6.07) is 7.92. The van der Waals surface area contributed by atoms with Crippen molar-refractivity contribution in [2.75, 3.05) is 32.8 Å². The van der Waals surface area contributed by atoms with Crippen molar-refractivity contribution in [2.24, 2.45) is 5.92 Å². The minimum atomic E-state index is -1.82. The van der Waals surface area contributed by atoms with Gasteiger partial charge in [-0.3, -0.25) is 0 Å². The number of likely N-dealkylation sites (tertiary alicyclic amines) is 1. The summed E-state index contributed by atoms with van der Waals surface area (Å²) >= 11 is 0. The second-order valence-electron chi connectivity index (χ2n) is 6.57. The van der Waals surface area contributed by atoms with Gasteiger partial charge in [-0.15, -0.1) is 0 Å². The number of hydrogen-bond donors (Lipinski definition) is 2. The number of aliphatic carboxylic acids is 2. The van der Waals surface area contributed by atoms with Crippen molar-refractivity contribution < 1.29 is 29.3 Å². The van der Waals surface area contributed by atoms with Crippen LogP contribution in [0.3, 0.4) is 0 Å². The van der Waals surface area contributed by atoms with Crippen molar-refractivity contribution in [3.63, 3.8) is 0 Å². The molecular formula is C20H31NO6. The van der Waals surface area contributed by atoms with Gasteiger partial charge in [0, 0.05) is 0 Å². The lowest BCUT2D eigenvalue weighted by Crippen LogP contribution is -2.33. The smallest absolute Gasteiger partial charge is 0.414 e. The number of hydrogen-bond acceptors (Lipinski definition) is 5. The van der Waals surface area contributed by atoms with Gasteiger partial charge in [-0.1, -0.05) is 19.1 Å². The molecule has 7 heteroatoms. The molecule has 1 aromatic carbocycles. The van der Waals surface area contributed by atoms with Crippen LogP contribution < -0.4 is 9.47 Å². The normalized spacial score (nSPS) is 14.7. The number of ether oxygens (including phenoxy) is 2. The highest BCUT2D eigenvalue weighted by Gasteiger charge is 2.14. The summed E-state index contributed by atoms with van der Waals surface area (Å²) in [5.74, 6) is -1.01. The number of carboxylic acid groups (broad SMARTS) is 2. The number of carboxylic acids is 2. The van der Waals surface area contributed by atoms with E-state index in [1.807, 2.05) is 31.2 Å². The fraction of sp³-hybridized carbons (Fsp3) is 0.600. The average Bonchev–Trinajstić information content (AvgIpc) is 2.65. The molecule has 1 heterocycles. The van der Waals surface area contributed by atoms with E-state index < -0.39 is 11.9 Å². The zero-order valence-corrected chi connectivity index (χ0v) is 16.2. The molecule has 2 rings (SSSR count). The van der Waals surface area contributed by atoms with E-state index >= 15 is 0 Å². The second-order valence-corrected chi connectivity index (χ2v) is 6.57. The summed E-state index contributed by atoms with van der Waals surface area (Å²) < 4.78 is 11.4. The van der Waals surface area contributed by atoms with Crippen LogP contribution in [0.25, 0.3) is 0 Å². The van der Waals surface area contributed by atoms with Crippen LogP contribution >= 0.6 is 0 Å². The van der Waals surface area contributed by atoms with Gasteiger partial charge < -0.3 is 24.6 Å². The third kappa shape index (κ3) is 9.84. The molecule has 1 aliphatic heterocycles. The molecule has 7 nitrogen and oxygen atoms in total. The maximum Gasteiger partial charge on any atom is 0.414 e. The fourth-order valence-corrected chi connectivity index (χ4v) is 2.75. The highest BCUT2D eigenvalue weighted by Crippen LogP contribution is 2.26. The predicted molar refractivity (Wildman–Crippen MR) is 102 cm³/mol. The Balaban J connectivity index is 0.000000527. The van der Waals surface area contributed by atoms with Crippen LogP contribution in [-0.2, 0) is 9.59 Å². The van der Waals surface area contributed by atoms with Gasteiger partial charge in [0.05, 0.1) is 13.2 Å². The summed E-state index contributed by atoms with van der Waals surface area (Å²) in [4.78, 5) is 20.8. The Morgan fingerprint density at radius 1 is 1.04 bits per heavy atom. The number of carbonyl (C=O) groups is 2. The fourth-order valence-electron chi connectivity index (χ4n) is 2.75. The molecule has 2 N–H and O–H groups in total. The Labute approximate surface area is 160 Å². The maximum absolute atomic E-state index is 9.10. The van der Waals surface area contributed by atoms with E-state index in [1.165, 1.54) is 38.9 Å². The van der Waals surface area contributed by atoms with Gasteiger partial charge in [0.15, 0.2) is 11.5 Å². The van der Waals surface area contributed by atoms with E-state index in [1.54, 1.807) is 0 Å². The number of benzene rings is 1. The first-order chi connectivity index (χ1) is 12.9. The van der Waals surface area contributed by atoms with E-state index in [-0.39, 0.29) is 0 Å². The quantitative estimate of drug-likeness (QED) is 0.527. The van der Waals surface area contributed by atoms with Crippen LogP contribution in [0.2, 0.25) is 0 Å². The minimum absolute atomic E-state index is 0.674. The number of rotatable bonds is 8. The van der Waals surface area contributed by atoms with E-state index in [9.17, 15) is 0 Å². The zero-order chi connectivity index (χ0) is 20.1. The monoisotopic (exact) mass is 381 g/mol. The highest BCUT2D eigenvalue weighted by atomic mass is 16.5. The van der Waals surface area contributed by atoms with Crippen LogP contribution in [0.4, 0.5) is 0 Å². The minimum Gasteiger partial charge on any atom is -0.490 e. The molecule has 0 amide bonds. The molecule has 0 spiro atoms. The molecular weight excluding hydrogens is 350 g/mol. The molecule has 0 unspecified atom stereocenters. The Morgan fingerprint density at radius 3 is 2.11 bits per heavy atom. The Bertz CT molecular complexity index is 557. The van der Waals surface area contributed by atoms with Gasteiger partial charge in [-0.05, 0) is 70.3 Å². The lowest BCUT2D eigenvalue weighted by Gasteiger charge is -2.30. The Hall–Kier alpha value is -2.28. The van der Waals surface area contributed by atoms with Crippen molar-refractivity contribution in [3.8, 4) is 11.5 Å². The van der Waals surface area contributed by atoms with Gasteiger partial charge >= 0.3 is 11.9 Å². The van der Waals surface area contributed by atoms with Gasteiger partial charge in [0.1, 0.15) is 0 Å². The van der Waals surface area contributed by atoms with Crippen LogP contribution in [-0.4, -0.2) is 59.9 Å². The second kappa shape index (κ2) is 13.0. The Morgan fingerprint density at radius 2 is 1.59 bits per heavy atom. The van der Waals surface area contributed by atoms with E-state index in [0.717, 1.165) is 30.4 Å². The topological polar surface area (TPSA) is 96.3 Å². The van der Waals surface area contributed by atoms with Gasteiger partial charge in [-0.2, -0.15) is 0 Å². The molecule has 0 bridgehead atoms. The molecule has 1 aromatic rings. The van der Waals surface area contributed by atoms with Gasteiger partial charge in [-0.25, -0.2) is 9.59 Å². The van der Waals surface area contributed by atoms with Crippen LogP contribution in [0.1, 0.15) is 39.5 Å². The summed E-state index contributed by atoms with van der Waals surface area (Å²) in [5, 5.41) is 14.8. The summed E-state index contributed by atoms with van der Waals surface area (Å²) in [6.07, 6.45) is 5.04. The summed E-state index contributed by atoms with van der Waals surface area (Å²) in [6.45, 7) is 9.56. The third-order valence-electron chi connectivity index (χ3n) is 4.33. The van der Waals surface area contributed by atoms with Crippen molar-refractivity contribution in [1.29, 1.82) is 0 Å². The number of piperidine rings is 1. The molecule has 1 aliphatic rings. The molecule has 27 heavy (non-hydrogen) atoms. The van der Waals surface area contributed by atoms with Crippen LogP contribution in [0.15, 0.2) is 24.3 Å². The molecule has 1 fully saturated rings. The summed E-state index contributed by atoms with van der Waals surface area (Å²) in [7, 11) is 0. The lowest BCUT2D eigenvalue weighted by atomic mass is 9.99. The zero-order valence-electron chi connectivity index (χ0n) is 16.2. The summed E-state index contributed by atoms with van der Waals surface area (Å²) in [5.41, 5.74) is 0. The molecule has 0 saturated carbocycles. The third-order valence-corrected chi connectivity index (χ3v) is 4.33. The number of nitrogens with zero attached hydrogens (tertiary/aromatic N) is 1. The largest absolute Gasteiger partial charge is 0.490 e. The number of unbranched alkanes of at least 4 members (excludes halogenated alkanes) is 1. The molecule has 0 aliphatic carbocycles. The van der Waals surface area contributed by atoms with Crippen molar-refractivity contribution in [1.82, 2.24) is 4.90 Å². The predicted octanol–water partition coefficient (Wildman–Crippen LogP) is 3.13. The van der Waals surface area contributed by atoms with Crippen LogP contribution in [0.5, 0.6) is 11.5 Å². The van der Waals surface area contributed by atoms with Gasteiger partial charge in [0.2, 0.25) is 0 Å². The first-order valence-electron chi connectivity index (χ1n) is 9.47. The maximum atomic E-state index is 9.10. The van der Waals surface area contributed by atoms with E-state index in [4.69, 9.17) is 29.3 Å². The first kappa shape index (κ1) is 22.8. The first-order valence-corrected chi connectivity index (χ1v) is 9.47. The van der Waals surface area contributed by atoms with Crippen molar-refractivity contribution in [2.45, 2.75) is 39.5 Å². The Kier molecular flexibility index (Phi) is 10.9. The SMILES string of the molecule is CCOc1ccccc1OCCCCN1CCC(C)CC1.O=C(O)C(=O)O. The van der Waals surface area contributed by atoms with Crippen molar-refractivity contribution >= 4 is 11.9 Å². The van der Waals surface area contributed by atoms with E-state index in [0.29, 0.717) is 6.61 Å². The number of para-hydroxylation sites is 2. The lowest BCUT2D eigenvalue weighted by molar-refractivity contribution is -0.159. The van der Waals surface area contributed by atoms with E-state index in [2.05, 4.69) is 11.8 Å². The molecule has 0 atom stereocenters. The van der Waals surface area contributed by atoms with Gasteiger partial charge in [0.25, 0.3) is 0 Å². The average molecular weight is 381 g/mol. The molecule has 0 aromatic heterocycles. The molecule has 1 saturated heterocycles. The van der Waals surface area contributed by atoms with Crippen molar-refractivity contribution in [3.05, 3.63) is 24.3 Å². The molecule has 0 radical (unpaired) electrons.